The molecule has 0 bridgehead atoms. The third-order valence-electron chi connectivity index (χ3n) is 5.20. The van der Waals surface area contributed by atoms with Gasteiger partial charge in [-0.25, -0.2) is 9.97 Å². The molecule has 0 radical (unpaired) electrons. The maximum absolute atomic E-state index is 13.1. The Morgan fingerprint density at radius 3 is 2.68 bits per heavy atom. The summed E-state index contributed by atoms with van der Waals surface area (Å²) in [6, 6.07) is 9.02. The number of para-hydroxylation sites is 1. The molecule has 0 aliphatic carbocycles. The normalized spacial score (nSPS) is 12.4. The second kappa shape index (κ2) is 8.47. The Morgan fingerprint density at radius 1 is 1.19 bits per heavy atom. The van der Waals surface area contributed by atoms with Crippen LogP contribution >= 0.6 is 11.3 Å². The van der Waals surface area contributed by atoms with Crippen LogP contribution in [0.3, 0.4) is 0 Å². The number of nitrogens with one attached hydrogen (secondary N) is 3. The number of nitrogens with zero attached hydrogens (tertiary/aromatic N) is 2. The molecule has 0 saturated heterocycles. The second-order valence-corrected chi connectivity index (χ2v) is 9.15. The topological polar surface area (TPSA) is 104 Å². The number of amides is 1. The maximum atomic E-state index is 13.1. The summed E-state index contributed by atoms with van der Waals surface area (Å²) in [4.78, 5) is 41.1. The summed E-state index contributed by atoms with van der Waals surface area (Å²) in [6.45, 7) is 7.65. The lowest BCUT2D eigenvalue weighted by Gasteiger charge is -2.19. The van der Waals surface area contributed by atoms with E-state index in [1.165, 1.54) is 17.4 Å². The standard InChI is InChI=1S/C23H25N5O2S/c1-12(2)22-26-19(10-20(29)28-22)18(27-23(30)21-13(3)25-14(4)31-21)9-15-11-24-17-8-6-5-7-16(15)17/h5-8,10-12,18,24H,9H2,1-4H3,(H,27,30)(H,26,28,29)/t18-/m0/s1. The number of fused-ring (bicyclic) bond motifs is 1. The van der Waals surface area contributed by atoms with Gasteiger partial charge in [0.2, 0.25) is 0 Å². The largest absolute Gasteiger partial charge is 0.361 e. The van der Waals surface area contributed by atoms with Gasteiger partial charge in [0.25, 0.3) is 11.5 Å². The maximum Gasteiger partial charge on any atom is 0.263 e. The van der Waals surface area contributed by atoms with Gasteiger partial charge in [-0.3, -0.25) is 9.59 Å². The van der Waals surface area contributed by atoms with Crippen molar-refractivity contribution in [1.82, 2.24) is 25.3 Å². The summed E-state index contributed by atoms with van der Waals surface area (Å²) in [5.74, 6) is 0.454. The molecule has 160 valence electrons. The highest BCUT2D eigenvalue weighted by Crippen LogP contribution is 2.25. The fourth-order valence-corrected chi connectivity index (χ4v) is 4.49. The first-order valence-corrected chi connectivity index (χ1v) is 11.0. The second-order valence-electron chi connectivity index (χ2n) is 7.95. The van der Waals surface area contributed by atoms with Crippen LogP contribution in [-0.4, -0.2) is 25.8 Å². The number of hydrogen-bond donors (Lipinski definition) is 3. The molecule has 1 atom stereocenters. The molecule has 0 aliphatic heterocycles. The van der Waals surface area contributed by atoms with Crippen molar-refractivity contribution in [2.45, 2.75) is 46.1 Å². The first-order chi connectivity index (χ1) is 14.8. The van der Waals surface area contributed by atoms with Crippen LogP contribution < -0.4 is 10.9 Å². The van der Waals surface area contributed by atoms with Crippen molar-refractivity contribution in [1.29, 1.82) is 0 Å². The quantitative estimate of drug-likeness (QED) is 0.423. The zero-order valence-electron chi connectivity index (χ0n) is 17.9. The number of benzene rings is 1. The smallest absolute Gasteiger partial charge is 0.263 e. The van der Waals surface area contributed by atoms with Gasteiger partial charge in [0, 0.05) is 35.5 Å². The van der Waals surface area contributed by atoms with E-state index < -0.39 is 6.04 Å². The van der Waals surface area contributed by atoms with Crippen molar-refractivity contribution in [2.24, 2.45) is 0 Å². The molecule has 8 heteroatoms. The number of H-pyrrole nitrogens is 2. The number of aromatic nitrogens is 4. The van der Waals surface area contributed by atoms with E-state index in [0.29, 0.717) is 28.5 Å². The van der Waals surface area contributed by atoms with Gasteiger partial charge < -0.3 is 15.3 Å². The Hall–Kier alpha value is -3.26. The highest BCUT2D eigenvalue weighted by molar-refractivity contribution is 7.13. The summed E-state index contributed by atoms with van der Waals surface area (Å²) in [5, 5.41) is 5.03. The molecule has 7 nitrogen and oxygen atoms in total. The van der Waals surface area contributed by atoms with Crippen molar-refractivity contribution in [2.75, 3.05) is 0 Å². The predicted molar refractivity (Wildman–Crippen MR) is 123 cm³/mol. The minimum atomic E-state index is -0.465. The summed E-state index contributed by atoms with van der Waals surface area (Å²) in [7, 11) is 0. The van der Waals surface area contributed by atoms with Crippen molar-refractivity contribution in [3.8, 4) is 0 Å². The molecular formula is C23H25N5O2S. The Bertz CT molecular complexity index is 1300. The molecule has 4 aromatic rings. The minimum absolute atomic E-state index is 0.0588. The SMILES string of the molecule is Cc1nc(C)c(C(=O)N[C@@H](Cc2c[nH]c3ccccc23)c2cc(=O)[nH]c(C(C)C)n2)s1. The molecule has 31 heavy (non-hydrogen) atoms. The van der Waals surface area contributed by atoms with Crippen LogP contribution in [0.15, 0.2) is 41.3 Å². The van der Waals surface area contributed by atoms with Crippen LogP contribution in [0.1, 0.15) is 63.3 Å². The van der Waals surface area contributed by atoms with Crippen LogP contribution in [0.4, 0.5) is 0 Å². The van der Waals surface area contributed by atoms with Gasteiger partial charge in [0.15, 0.2) is 0 Å². The number of thiazole rings is 1. The molecule has 0 unspecified atom stereocenters. The van der Waals surface area contributed by atoms with Gasteiger partial charge in [0.05, 0.1) is 22.4 Å². The number of carbonyl (C=O) groups excluding carboxylic acids is 1. The van der Waals surface area contributed by atoms with Crippen LogP contribution in [0.5, 0.6) is 0 Å². The highest BCUT2D eigenvalue weighted by atomic mass is 32.1. The molecule has 0 fully saturated rings. The molecule has 3 aromatic heterocycles. The van der Waals surface area contributed by atoms with Crippen LogP contribution in [0.2, 0.25) is 0 Å². The van der Waals surface area contributed by atoms with E-state index in [0.717, 1.165) is 21.5 Å². The molecule has 3 N–H and O–H groups in total. The minimum Gasteiger partial charge on any atom is -0.361 e. The molecule has 0 saturated carbocycles. The highest BCUT2D eigenvalue weighted by Gasteiger charge is 2.23. The van der Waals surface area contributed by atoms with Gasteiger partial charge in [-0.1, -0.05) is 32.0 Å². The van der Waals surface area contributed by atoms with Gasteiger partial charge in [-0.05, 0) is 25.5 Å². The third-order valence-corrected chi connectivity index (χ3v) is 6.27. The van der Waals surface area contributed by atoms with E-state index in [1.54, 1.807) is 0 Å². The summed E-state index contributed by atoms with van der Waals surface area (Å²) >= 11 is 1.36. The lowest BCUT2D eigenvalue weighted by atomic mass is 10.0. The Kier molecular flexibility index (Phi) is 5.73. The third kappa shape index (κ3) is 4.44. The number of rotatable bonds is 6. The van der Waals surface area contributed by atoms with E-state index in [9.17, 15) is 9.59 Å². The fraction of sp³-hybridized carbons (Fsp3) is 0.304. The van der Waals surface area contributed by atoms with Gasteiger partial charge in [-0.2, -0.15) is 0 Å². The molecule has 0 spiro atoms. The number of aromatic amines is 2. The van der Waals surface area contributed by atoms with Crippen molar-refractivity contribution < 1.29 is 4.79 Å². The number of aryl methyl sites for hydroxylation is 2. The van der Waals surface area contributed by atoms with Crippen molar-refractivity contribution >= 4 is 28.1 Å². The first-order valence-electron chi connectivity index (χ1n) is 10.2. The molecule has 1 amide bonds. The average Bonchev–Trinajstić information content (AvgIpc) is 3.29. The fourth-order valence-electron chi connectivity index (χ4n) is 3.66. The molecule has 1 aromatic carbocycles. The summed E-state index contributed by atoms with van der Waals surface area (Å²) < 4.78 is 0. The van der Waals surface area contributed by atoms with E-state index in [-0.39, 0.29) is 17.4 Å². The van der Waals surface area contributed by atoms with Gasteiger partial charge in [0.1, 0.15) is 10.7 Å². The van der Waals surface area contributed by atoms with Gasteiger partial charge >= 0.3 is 0 Å². The lowest BCUT2D eigenvalue weighted by Crippen LogP contribution is -2.32. The van der Waals surface area contributed by atoms with Crippen LogP contribution in [-0.2, 0) is 6.42 Å². The molecular weight excluding hydrogens is 410 g/mol. The first kappa shape index (κ1) is 21.0. The Balaban J connectivity index is 1.74. The average molecular weight is 436 g/mol. The van der Waals surface area contributed by atoms with Crippen molar-refractivity contribution in [3.63, 3.8) is 0 Å². The van der Waals surface area contributed by atoms with E-state index in [1.807, 2.05) is 58.2 Å². The van der Waals surface area contributed by atoms with E-state index >= 15 is 0 Å². The summed E-state index contributed by atoms with van der Waals surface area (Å²) in [6.07, 6.45) is 2.45. The van der Waals surface area contributed by atoms with E-state index in [2.05, 4.69) is 25.3 Å². The Labute approximate surface area is 184 Å². The number of hydrogen-bond acceptors (Lipinski definition) is 5. The van der Waals surface area contributed by atoms with Crippen LogP contribution in [0.25, 0.3) is 10.9 Å². The van der Waals surface area contributed by atoms with Crippen molar-refractivity contribution in [3.05, 3.63) is 79.5 Å². The summed E-state index contributed by atoms with van der Waals surface area (Å²) in [5.41, 5.74) is 3.10. The van der Waals surface area contributed by atoms with E-state index in [4.69, 9.17) is 0 Å². The van der Waals surface area contributed by atoms with Crippen LogP contribution in [0, 0.1) is 13.8 Å². The molecule has 0 aliphatic rings. The molecule has 3 heterocycles. The van der Waals surface area contributed by atoms with Gasteiger partial charge in [-0.15, -0.1) is 11.3 Å². The zero-order valence-corrected chi connectivity index (χ0v) is 18.8. The number of carbonyl (C=O) groups is 1. The zero-order chi connectivity index (χ0) is 22.1. The lowest BCUT2D eigenvalue weighted by molar-refractivity contribution is 0.0939. The Morgan fingerprint density at radius 2 is 1.97 bits per heavy atom. The monoisotopic (exact) mass is 435 g/mol. The molecule has 4 rings (SSSR count). The predicted octanol–water partition coefficient (Wildman–Crippen LogP) is 4.16.